The number of hydrogen-bond acceptors (Lipinski definition) is 0. The van der Waals surface area contributed by atoms with Crippen LogP contribution in [0.3, 0.4) is 0 Å². The molecule has 0 amide bonds. The average molecular weight is 236 g/mol. The summed E-state index contributed by atoms with van der Waals surface area (Å²) in [5, 5.41) is 1.64. The highest BCUT2D eigenvalue weighted by atomic mass is 31.1. The largest absolute Gasteiger partial charge is 0.0695 e. The van der Waals surface area contributed by atoms with Crippen LogP contribution in [0.5, 0.6) is 0 Å². The highest BCUT2D eigenvalue weighted by molar-refractivity contribution is 7.67. The molecule has 0 bridgehead atoms. The van der Waals surface area contributed by atoms with Gasteiger partial charge in [0.2, 0.25) is 0 Å². The van der Waals surface area contributed by atoms with Gasteiger partial charge in [0.15, 0.2) is 0 Å². The van der Waals surface area contributed by atoms with Crippen LogP contribution < -0.4 is 5.30 Å². The molecule has 1 rings (SSSR count). The maximum Gasteiger partial charge on any atom is -0.0177 e. The Morgan fingerprint density at radius 1 is 0.812 bits per heavy atom. The highest BCUT2D eigenvalue weighted by Crippen LogP contribution is 2.46. The third-order valence-corrected chi connectivity index (χ3v) is 6.45. The summed E-state index contributed by atoms with van der Waals surface area (Å²) in [6.07, 6.45) is 0. The van der Waals surface area contributed by atoms with Crippen molar-refractivity contribution >= 4 is 13.2 Å². The van der Waals surface area contributed by atoms with Gasteiger partial charge in [-0.1, -0.05) is 53.3 Å². The van der Waals surface area contributed by atoms with Crippen molar-refractivity contribution in [3.05, 3.63) is 28.8 Å². The van der Waals surface area contributed by atoms with Crippen LogP contribution in [0.4, 0.5) is 0 Å². The molecule has 1 aromatic rings. The highest BCUT2D eigenvalue weighted by Gasteiger charge is 2.22. The number of rotatable bonds is 3. The van der Waals surface area contributed by atoms with Crippen LogP contribution in [-0.2, 0) is 0 Å². The van der Waals surface area contributed by atoms with Gasteiger partial charge in [0.05, 0.1) is 0 Å². The zero-order valence-electron chi connectivity index (χ0n) is 11.8. The van der Waals surface area contributed by atoms with Gasteiger partial charge < -0.3 is 0 Å². The van der Waals surface area contributed by atoms with Crippen LogP contribution in [0.15, 0.2) is 12.1 Å². The van der Waals surface area contributed by atoms with E-state index in [4.69, 9.17) is 0 Å². The molecule has 0 radical (unpaired) electrons. The maximum atomic E-state index is 2.37. The van der Waals surface area contributed by atoms with E-state index in [1.54, 1.807) is 5.30 Å². The maximum absolute atomic E-state index is 2.37. The first-order chi connectivity index (χ1) is 7.34. The van der Waals surface area contributed by atoms with E-state index in [9.17, 15) is 0 Å². The third-order valence-electron chi connectivity index (χ3n) is 3.01. The first-order valence-electron chi connectivity index (χ1n) is 6.20. The lowest BCUT2D eigenvalue weighted by atomic mass is 10.1. The SMILES string of the molecule is Cc1cc(C)c(P(C(C)C)C(C)C)c(C)c1. The molecule has 0 saturated carbocycles. The summed E-state index contributed by atoms with van der Waals surface area (Å²) in [5.74, 6) is 0. The Morgan fingerprint density at radius 3 is 1.50 bits per heavy atom. The summed E-state index contributed by atoms with van der Waals surface area (Å²) in [7, 11) is -0.0278. The molecule has 0 spiro atoms. The quantitative estimate of drug-likeness (QED) is 0.676. The summed E-state index contributed by atoms with van der Waals surface area (Å²) in [6, 6.07) is 4.67. The Bertz CT molecular complexity index is 333. The first kappa shape index (κ1) is 13.7. The monoisotopic (exact) mass is 236 g/mol. The molecule has 0 nitrogen and oxygen atoms in total. The number of benzene rings is 1. The van der Waals surface area contributed by atoms with Crippen molar-refractivity contribution < 1.29 is 0 Å². The Morgan fingerprint density at radius 2 is 1.19 bits per heavy atom. The standard InChI is InChI=1S/C15H25P/c1-10(2)16(11(3)4)15-13(6)8-12(5)9-14(15)7/h8-11H,1-7H3. The van der Waals surface area contributed by atoms with E-state index in [0.717, 1.165) is 11.3 Å². The second kappa shape index (κ2) is 5.32. The lowest BCUT2D eigenvalue weighted by Crippen LogP contribution is -2.20. The average Bonchev–Trinajstić information content (AvgIpc) is 2.09. The van der Waals surface area contributed by atoms with Crippen LogP contribution >= 0.6 is 7.92 Å². The van der Waals surface area contributed by atoms with Crippen LogP contribution in [0.1, 0.15) is 44.4 Å². The van der Waals surface area contributed by atoms with Gasteiger partial charge in [-0.05, 0) is 48.5 Å². The molecular weight excluding hydrogens is 211 g/mol. The lowest BCUT2D eigenvalue weighted by molar-refractivity contribution is 1.02. The van der Waals surface area contributed by atoms with Gasteiger partial charge >= 0.3 is 0 Å². The van der Waals surface area contributed by atoms with Crippen LogP contribution in [0.2, 0.25) is 0 Å². The number of aryl methyl sites for hydroxylation is 3. The summed E-state index contributed by atoms with van der Waals surface area (Å²) in [5.41, 5.74) is 5.92. The molecule has 1 aromatic carbocycles. The summed E-state index contributed by atoms with van der Waals surface area (Å²) in [6.45, 7) is 16.2. The Labute approximate surface area is 102 Å². The van der Waals surface area contributed by atoms with Crippen molar-refractivity contribution in [3.63, 3.8) is 0 Å². The molecule has 0 heterocycles. The Kier molecular flexibility index (Phi) is 4.56. The van der Waals surface area contributed by atoms with Gasteiger partial charge in [-0.3, -0.25) is 0 Å². The van der Waals surface area contributed by atoms with E-state index in [1.165, 1.54) is 16.7 Å². The van der Waals surface area contributed by atoms with Crippen LogP contribution in [0, 0.1) is 20.8 Å². The molecule has 0 fully saturated rings. The van der Waals surface area contributed by atoms with Gasteiger partial charge in [-0.2, -0.15) is 0 Å². The molecule has 0 aromatic heterocycles. The topological polar surface area (TPSA) is 0 Å². The molecule has 0 atom stereocenters. The van der Waals surface area contributed by atoms with Crippen molar-refractivity contribution in [3.8, 4) is 0 Å². The Balaban J connectivity index is 3.29. The lowest BCUT2D eigenvalue weighted by Gasteiger charge is -2.29. The molecule has 0 aliphatic carbocycles. The fraction of sp³-hybridized carbons (Fsp3) is 0.600. The molecular formula is C15H25P. The van der Waals surface area contributed by atoms with E-state index in [-0.39, 0.29) is 7.92 Å². The predicted octanol–water partition coefficient (Wildman–Crippen LogP) is 4.54. The minimum absolute atomic E-state index is 0.0278. The zero-order chi connectivity index (χ0) is 12.5. The van der Waals surface area contributed by atoms with Gasteiger partial charge in [0.1, 0.15) is 0 Å². The van der Waals surface area contributed by atoms with Gasteiger partial charge in [0.25, 0.3) is 0 Å². The van der Waals surface area contributed by atoms with Gasteiger partial charge in [-0.15, -0.1) is 0 Å². The molecule has 0 aliphatic heterocycles. The van der Waals surface area contributed by atoms with Gasteiger partial charge in [-0.25, -0.2) is 0 Å². The molecule has 0 saturated heterocycles. The number of hydrogen-bond donors (Lipinski definition) is 0. The summed E-state index contributed by atoms with van der Waals surface area (Å²) in [4.78, 5) is 0. The fourth-order valence-electron chi connectivity index (χ4n) is 2.69. The van der Waals surface area contributed by atoms with Crippen LogP contribution in [0.25, 0.3) is 0 Å². The van der Waals surface area contributed by atoms with Gasteiger partial charge in [0, 0.05) is 0 Å². The van der Waals surface area contributed by atoms with E-state index >= 15 is 0 Å². The molecule has 0 aliphatic rings. The van der Waals surface area contributed by atoms with E-state index in [1.807, 2.05) is 0 Å². The van der Waals surface area contributed by atoms with Crippen molar-refractivity contribution in [1.29, 1.82) is 0 Å². The van der Waals surface area contributed by atoms with Crippen molar-refractivity contribution in [2.24, 2.45) is 0 Å². The first-order valence-corrected chi connectivity index (χ1v) is 7.68. The predicted molar refractivity (Wildman–Crippen MR) is 77.5 cm³/mol. The van der Waals surface area contributed by atoms with E-state index < -0.39 is 0 Å². The minimum Gasteiger partial charge on any atom is -0.0695 e. The zero-order valence-corrected chi connectivity index (χ0v) is 12.7. The second-order valence-electron chi connectivity index (χ2n) is 5.34. The minimum atomic E-state index is -0.0278. The van der Waals surface area contributed by atoms with Crippen LogP contribution in [-0.4, -0.2) is 11.3 Å². The summed E-state index contributed by atoms with van der Waals surface area (Å²) < 4.78 is 0. The van der Waals surface area contributed by atoms with Crippen molar-refractivity contribution in [2.45, 2.75) is 59.8 Å². The molecule has 90 valence electrons. The second-order valence-corrected chi connectivity index (χ2v) is 8.67. The smallest absolute Gasteiger partial charge is 0.0177 e. The van der Waals surface area contributed by atoms with E-state index in [2.05, 4.69) is 60.6 Å². The molecule has 0 unspecified atom stereocenters. The molecule has 0 N–H and O–H groups in total. The molecule has 1 heteroatoms. The van der Waals surface area contributed by atoms with E-state index in [0.29, 0.717) is 0 Å². The normalized spacial score (nSPS) is 11.9. The van der Waals surface area contributed by atoms with Crippen molar-refractivity contribution in [2.75, 3.05) is 0 Å². The fourth-order valence-corrected chi connectivity index (χ4v) is 5.86. The molecule has 16 heavy (non-hydrogen) atoms. The summed E-state index contributed by atoms with van der Waals surface area (Å²) >= 11 is 0. The van der Waals surface area contributed by atoms with Crippen molar-refractivity contribution in [1.82, 2.24) is 0 Å². The third kappa shape index (κ3) is 2.86. The Hall–Kier alpha value is -0.350.